The van der Waals surface area contributed by atoms with Crippen LogP contribution in [-0.2, 0) is 11.2 Å². The summed E-state index contributed by atoms with van der Waals surface area (Å²) in [5.41, 5.74) is 5.17. The molecule has 1 unspecified atom stereocenters. The number of ether oxygens (including phenoxy) is 1. The number of carbonyl (C=O) groups excluding carboxylic acids is 1. The number of nitro groups is 1. The number of nitrogens with two attached hydrogens (primary N) is 1. The van der Waals surface area contributed by atoms with Gasteiger partial charge in [0.1, 0.15) is 5.60 Å². The van der Waals surface area contributed by atoms with E-state index in [4.69, 9.17) is 10.5 Å². The summed E-state index contributed by atoms with van der Waals surface area (Å²) in [6.45, 7) is 5.37. The Bertz CT molecular complexity index is 558. The Morgan fingerprint density at radius 2 is 2.14 bits per heavy atom. The third-order valence-electron chi connectivity index (χ3n) is 2.61. The van der Waals surface area contributed by atoms with Crippen molar-refractivity contribution in [3.8, 4) is 0 Å². The van der Waals surface area contributed by atoms with E-state index < -0.39 is 34.2 Å². The van der Waals surface area contributed by atoms with Crippen molar-refractivity contribution in [3.63, 3.8) is 0 Å². The van der Waals surface area contributed by atoms with Crippen LogP contribution in [0.4, 0.5) is 14.9 Å². The SMILES string of the molecule is CC(C)(C)OC(=O)NCC(N)Cc1ccc([N+](=O)[O-])c(F)c1. The summed E-state index contributed by atoms with van der Waals surface area (Å²) < 4.78 is 18.5. The van der Waals surface area contributed by atoms with E-state index in [-0.39, 0.29) is 13.0 Å². The Labute approximate surface area is 127 Å². The number of rotatable bonds is 5. The molecule has 1 amide bonds. The van der Waals surface area contributed by atoms with Crippen molar-refractivity contribution >= 4 is 11.8 Å². The smallest absolute Gasteiger partial charge is 0.407 e. The van der Waals surface area contributed by atoms with Gasteiger partial charge in [0.25, 0.3) is 0 Å². The van der Waals surface area contributed by atoms with Crippen molar-refractivity contribution in [3.05, 3.63) is 39.7 Å². The third-order valence-corrected chi connectivity index (χ3v) is 2.61. The van der Waals surface area contributed by atoms with Crippen molar-refractivity contribution in [1.29, 1.82) is 0 Å². The van der Waals surface area contributed by atoms with Gasteiger partial charge in [0.05, 0.1) is 4.92 Å². The quantitative estimate of drug-likeness (QED) is 0.639. The van der Waals surface area contributed by atoms with Crippen LogP contribution < -0.4 is 11.1 Å². The molecule has 1 rings (SSSR count). The number of nitrogens with one attached hydrogen (secondary N) is 1. The number of nitro benzene ring substituents is 1. The van der Waals surface area contributed by atoms with Gasteiger partial charge in [-0.1, -0.05) is 6.07 Å². The zero-order chi connectivity index (χ0) is 16.9. The highest BCUT2D eigenvalue weighted by atomic mass is 19.1. The van der Waals surface area contributed by atoms with E-state index in [0.29, 0.717) is 5.56 Å². The summed E-state index contributed by atoms with van der Waals surface area (Å²) in [7, 11) is 0. The van der Waals surface area contributed by atoms with Gasteiger partial charge in [-0.05, 0) is 38.8 Å². The van der Waals surface area contributed by atoms with E-state index in [1.807, 2.05) is 0 Å². The van der Waals surface area contributed by atoms with Crippen molar-refractivity contribution in [2.45, 2.75) is 38.8 Å². The number of halogens is 1. The highest BCUT2D eigenvalue weighted by Crippen LogP contribution is 2.18. The molecular weight excluding hydrogens is 293 g/mol. The normalized spacial score (nSPS) is 12.6. The average molecular weight is 313 g/mol. The average Bonchev–Trinajstić information content (AvgIpc) is 2.34. The van der Waals surface area contributed by atoms with Crippen LogP contribution in [0.15, 0.2) is 18.2 Å². The summed E-state index contributed by atoms with van der Waals surface area (Å²) in [5, 5.41) is 13.0. The second-order valence-corrected chi connectivity index (χ2v) is 5.89. The molecule has 3 N–H and O–H groups in total. The van der Waals surface area contributed by atoms with Gasteiger partial charge in [0.2, 0.25) is 5.82 Å². The first-order chi connectivity index (χ1) is 10.1. The Morgan fingerprint density at radius 3 is 2.64 bits per heavy atom. The maximum Gasteiger partial charge on any atom is 0.407 e. The molecule has 7 nitrogen and oxygen atoms in total. The molecule has 0 radical (unpaired) electrons. The first kappa shape index (κ1) is 17.8. The largest absolute Gasteiger partial charge is 0.444 e. The van der Waals surface area contributed by atoms with Gasteiger partial charge < -0.3 is 15.8 Å². The minimum absolute atomic E-state index is 0.146. The highest BCUT2D eigenvalue weighted by molar-refractivity contribution is 5.67. The summed E-state index contributed by atoms with van der Waals surface area (Å²) >= 11 is 0. The van der Waals surface area contributed by atoms with E-state index in [0.717, 1.165) is 12.1 Å². The van der Waals surface area contributed by atoms with Gasteiger partial charge in [-0.15, -0.1) is 0 Å². The van der Waals surface area contributed by atoms with E-state index in [9.17, 15) is 19.3 Å². The van der Waals surface area contributed by atoms with E-state index >= 15 is 0 Å². The maximum absolute atomic E-state index is 13.5. The Balaban J connectivity index is 2.52. The molecule has 0 spiro atoms. The minimum Gasteiger partial charge on any atom is -0.444 e. The minimum atomic E-state index is -0.908. The summed E-state index contributed by atoms with van der Waals surface area (Å²) in [5.74, 6) is -0.908. The standard InChI is InChI=1S/C14H20FN3O4/c1-14(2,3)22-13(19)17-8-10(16)6-9-4-5-12(18(20)21)11(15)7-9/h4-5,7,10H,6,8,16H2,1-3H3,(H,17,19). The number of benzene rings is 1. The molecule has 1 aromatic rings. The molecule has 0 saturated carbocycles. The molecule has 1 aromatic carbocycles. The number of hydrogen-bond acceptors (Lipinski definition) is 5. The lowest BCUT2D eigenvalue weighted by molar-refractivity contribution is -0.387. The van der Waals surface area contributed by atoms with Crippen LogP contribution in [0.3, 0.4) is 0 Å². The zero-order valence-corrected chi connectivity index (χ0v) is 12.8. The molecule has 0 aliphatic rings. The molecule has 22 heavy (non-hydrogen) atoms. The van der Waals surface area contributed by atoms with E-state index in [1.165, 1.54) is 6.07 Å². The molecule has 0 bridgehead atoms. The molecule has 0 heterocycles. The van der Waals surface area contributed by atoms with E-state index in [1.54, 1.807) is 20.8 Å². The predicted octanol–water partition coefficient (Wildman–Crippen LogP) is 2.13. The monoisotopic (exact) mass is 313 g/mol. The number of nitrogens with zero attached hydrogens (tertiary/aromatic N) is 1. The van der Waals surface area contributed by atoms with Crippen LogP contribution in [0.1, 0.15) is 26.3 Å². The topological polar surface area (TPSA) is 107 Å². The molecule has 8 heteroatoms. The third kappa shape index (κ3) is 6.04. The first-order valence-corrected chi connectivity index (χ1v) is 6.74. The lowest BCUT2D eigenvalue weighted by Crippen LogP contribution is -2.41. The maximum atomic E-state index is 13.5. The van der Waals surface area contributed by atoms with Crippen molar-refractivity contribution in [2.24, 2.45) is 5.73 Å². The molecular formula is C14H20FN3O4. The molecule has 0 fully saturated rings. The molecule has 0 saturated heterocycles. The first-order valence-electron chi connectivity index (χ1n) is 6.74. The summed E-state index contributed by atoms with van der Waals surface area (Å²) in [6, 6.07) is 3.15. The number of carbonyl (C=O) groups is 1. The number of amides is 1. The van der Waals surface area contributed by atoms with E-state index in [2.05, 4.69) is 5.32 Å². The Morgan fingerprint density at radius 1 is 1.50 bits per heavy atom. The molecule has 122 valence electrons. The van der Waals surface area contributed by atoms with Gasteiger partial charge in [-0.2, -0.15) is 4.39 Å². The molecule has 0 aliphatic carbocycles. The fraction of sp³-hybridized carbons (Fsp3) is 0.500. The molecule has 0 aromatic heterocycles. The van der Waals surface area contributed by atoms with Crippen LogP contribution in [-0.4, -0.2) is 29.2 Å². The van der Waals surface area contributed by atoms with Crippen molar-refractivity contribution < 1.29 is 18.8 Å². The second kappa shape index (κ2) is 7.17. The van der Waals surface area contributed by atoms with Gasteiger partial charge >= 0.3 is 11.8 Å². The van der Waals surface area contributed by atoms with Crippen LogP contribution >= 0.6 is 0 Å². The van der Waals surface area contributed by atoms with Crippen molar-refractivity contribution in [1.82, 2.24) is 5.32 Å². The molecule has 0 aliphatic heterocycles. The lowest BCUT2D eigenvalue weighted by Gasteiger charge is -2.20. The predicted molar refractivity (Wildman–Crippen MR) is 79.0 cm³/mol. The summed E-state index contributed by atoms with van der Waals surface area (Å²) in [6.07, 6.45) is -0.317. The highest BCUT2D eigenvalue weighted by Gasteiger charge is 2.18. The lowest BCUT2D eigenvalue weighted by atomic mass is 10.1. The van der Waals surface area contributed by atoms with Crippen LogP contribution in [0.2, 0.25) is 0 Å². The van der Waals surface area contributed by atoms with Crippen LogP contribution in [0.5, 0.6) is 0 Å². The fourth-order valence-corrected chi connectivity index (χ4v) is 1.73. The molecule has 1 atom stereocenters. The summed E-state index contributed by atoms with van der Waals surface area (Å²) in [4.78, 5) is 21.2. The van der Waals surface area contributed by atoms with Crippen LogP contribution in [0, 0.1) is 15.9 Å². The fourth-order valence-electron chi connectivity index (χ4n) is 1.73. The second-order valence-electron chi connectivity index (χ2n) is 5.89. The van der Waals surface area contributed by atoms with Crippen molar-refractivity contribution in [2.75, 3.05) is 6.54 Å². The van der Waals surface area contributed by atoms with Gasteiger partial charge in [0.15, 0.2) is 0 Å². The van der Waals surface area contributed by atoms with Gasteiger partial charge in [-0.3, -0.25) is 10.1 Å². The zero-order valence-electron chi connectivity index (χ0n) is 12.8. The Kier molecular flexibility index (Phi) is 5.81. The number of hydrogen-bond donors (Lipinski definition) is 2. The Hall–Kier alpha value is -2.22. The van der Waals surface area contributed by atoms with Crippen LogP contribution in [0.25, 0.3) is 0 Å². The van der Waals surface area contributed by atoms with Gasteiger partial charge in [-0.25, -0.2) is 4.79 Å². The van der Waals surface area contributed by atoms with Gasteiger partial charge in [0, 0.05) is 18.7 Å². The number of alkyl carbamates (subject to hydrolysis) is 1.